The summed E-state index contributed by atoms with van der Waals surface area (Å²) in [6, 6.07) is 4.05. The number of aliphatic hydroxyl groups excluding tert-OH is 1. The summed E-state index contributed by atoms with van der Waals surface area (Å²) in [4.78, 5) is 0.626. The van der Waals surface area contributed by atoms with Crippen LogP contribution in [0.3, 0.4) is 0 Å². The Hall–Kier alpha value is -1.53. The molecule has 4 nitrogen and oxygen atoms in total. The summed E-state index contributed by atoms with van der Waals surface area (Å²) in [7, 11) is 1.48. The average Bonchev–Trinajstić information content (AvgIpc) is 2.86. The van der Waals surface area contributed by atoms with E-state index in [2.05, 4.69) is 9.59 Å². The van der Waals surface area contributed by atoms with Crippen molar-refractivity contribution in [3.8, 4) is 5.75 Å². The first kappa shape index (κ1) is 12.9. The second-order valence-corrected chi connectivity index (χ2v) is 4.51. The van der Waals surface area contributed by atoms with Gasteiger partial charge in [-0.1, -0.05) is 11.4 Å². The molecule has 18 heavy (non-hydrogen) atoms. The highest BCUT2D eigenvalue weighted by Gasteiger charge is 2.21. The van der Waals surface area contributed by atoms with E-state index >= 15 is 0 Å². The zero-order chi connectivity index (χ0) is 13.1. The number of methoxy groups -OCH3 is 1. The summed E-state index contributed by atoms with van der Waals surface area (Å²) >= 11 is 1.11. The second kappa shape index (κ2) is 5.41. The second-order valence-electron chi connectivity index (χ2n) is 3.73. The van der Waals surface area contributed by atoms with Gasteiger partial charge in [-0.15, -0.1) is 5.10 Å². The molecular weight excluding hydrogens is 255 g/mol. The van der Waals surface area contributed by atoms with Crippen molar-refractivity contribution in [3.63, 3.8) is 0 Å². The maximum Gasteiger partial charge on any atom is 0.125 e. The Morgan fingerprint density at radius 3 is 2.94 bits per heavy atom. The molecule has 0 fully saturated rings. The molecule has 0 amide bonds. The Kier molecular flexibility index (Phi) is 3.88. The van der Waals surface area contributed by atoms with Crippen LogP contribution in [0.25, 0.3) is 0 Å². The van der Waals surface area contributed by atoms with Crippen LogP contribution in [-0.2, 0) is 6.42 Å². The summed E-state index contributed by atoms with van der Waals surface area (Å²) < 4.78 is 22.2. The normalized spacial score (nSPS) is 12.4. The predicted molar refractivity (Wildman–Crippen MR) is 66.3 cm³/mol. The summed E-state index contributed by atoms with van der Waals surface area (Å²) in [6.45, 7) is 1.93. The molecule has 96 valence electrons. The summed E-state index contributed by atoms with van der Waals surface area (Å²) in [5.41, 5.74) is 1.11. The molecule has 0 saturated carbocycles. The largest absolute Gasteiger partial charge is 0.496 e. The third-order valence-electron chi connectivity index (χ3n) is 2.65. The molecule has 6 heteroatoms. The molecule has 1 unspecified atom stereocenters. The topological polar surface area (TPSA) is 55.2 Å². The third kappa shape index (κ3) is 2.34. The molecular formula is C12H13FN2O2S. The van der Waals surface area contributed by atoms with Crippen molar-refractivity contribution in [1.29, 1.82) is 0 Å². The van der Waals surface area contributed by atoms with Gasteiger partial charge in [0.25, 0.3) is 0 Å². The van der Waals surface area contributed by atoms with E-state index in [1.807, 2.05) is 6.92 Å². The minimum absolute atomic E-state index is 0.387. The van der Waals surface area contributed by atoms with Crippen LogP contribution >= 0.6 is 11.5 Å². The van der Waals surface area contributed by atoms with Gasteiger partial charge in [0.2, 0.25) is 0 Å². The number of halogens is 1. The molecule has 0 bridgehead atoms. The van der Waals surface area contributed by atoms with E-state index in [1.54, 1.807) is 0 Å². The summed E-state index contributed by atoms with van der Waals surface area (Å²) in [6.07, 6.45) is -0.300. The standard InChI is InChI=1S/C12H13FN2O2S/c1-3-9-12(18-15-14-9)11(16)8-6-7(13)4-5-10(8)17-2/h4-6,11,16H,3H2,1-2H3. The number of aliphatic hydroxyl groups is 1. The zero-order valence-corrected chi connectivity index (χ0v) is 10.9. The molecule has 2 aromatic rings. The van der Waals surface area contributed by atoms with Gasteiger partial charge < -0.3 is 9.84 Å². The van der Waals surface area contributed by atoms with Crippen LogP contribution < -0.4 is 4.74 Å². The van der Waals surface area contributed by atoms with Crippen molar-refractivity contribution in [2.45, 2.75) is 19.4 Å². The van der Waals surface area contributed by atoms with E-state index in [9.17, 15) is 9.50 Å². The fourth-order valence-corrected chi connectivity index (χ4v) is 2.47. The SMILES string of the molecule is CCc1nnsc1C(O)c1cc(F)ccc1OC. The quantitative estimate of drug-likeness (QED) is 0.924. The van der Waals surface area contributed by atoms with Crippen molar-refractivity contribution in [2.24, 2.45) is 0 Å². The first-order valence-electron chi connectivity index (χ1n) is 5.50. The van der Waals surface area contributed by atoms with Gasteiger partial charge in [0.05, 0.1) is 17.7 Å². The number of rotatable bonds is 4. The van der Waals surface area contributed by atoms with Crippen LogP contribution in [-0.4, -0.2) is 21.8 Å². The lowest BCUT2D eigenvalue weighted by Crippen LogP contribution is -2.04. The molecule has 0 spiro atoms. The smallest absolute Gasteiger partial charge is 0.125 e. The predicted octanol–water partition coefficient (Wildman–Crippen LogP) is 2.33. The van der Waals surface area contributed by atoms with E-state index in [-0.39, 0.29) is 0 Å². The molecule has 2 rings (SSSR count). The highest BCUT2D eigenvalue weighted by molar-refractivity contribution is 7.05. The number of hydrogen-bond donors (Lipinski definition) is 1. The fraction of sp³-hybridized carbons (Fsp3) is 0.333. The first-order valence-corrected chi connectivity index (χ1v) is 6.27. The van der Waals surface area contributed by atoms with Crippen LogP contribution in [0.15, 0.2) is 18.2 Å². The molecule has 1 aromatic heterocycles. The van der Waals surface area contributed by atoms with Crippen molar-refractivity contribution in [3.05, 3.63) is 40.2 Å². The van der Waals surface area contributed by atoms with E-state index < -0.39 is 11.9 Å². The molecule has 0 aliphatic heterocycles. The maximum atomic E-state index is 13.3. The van der Waals surface area contributed by atoms with Crippen LogP contribution in [0.2, 0.25) is 0 Å². The van der Waals surface area contributed by atoms with Crippen molar-refractivity contribution in [1.82, 2.24) is 9.59 Å². The molecule has 0 aliphatic rings. The number of aromatic nitrogens is 2. The summed E-state index contributed by atoms with van der Waals surface area (Å²) in [5, 5.41) is 14.2. The number of aryl methyl sites for hydroxylation is 1. The highest BCUT2D eigenvalue weighted by atomic mass is 32.1. The van der Waals surface area contributed by atoms with Gasteiger partial charge in [0, 0.05) is 5.56 Å². The van der Waals surface area contributed by atoms with Gasteiger partial charge >= 0.3 is 0 Å². The Morgan fingerprint density at radius 1 is 1.50 bits per heavy atom. The van der Waals surface area contributed by atoms with E-state index in [4.69, 9.17) is 4.74 Å². The van der Waals surface area contributed by atoms with E-state index in [0.29, 0.717) is 22.6 Å². The van der Waals surface area contributed by atoms with Crippen LogP contribution in [0.5, 0.6) is 5.75 Å². The molecule has 0 aliphatic carbocycles. The Labute approximate surface area is 108 Å². The third-order valence-corrected chi connectivity index (χ3v) is 3.47. The Bertz CT molecular complexity index is 545. The maximum absolute atomic E-state index is 13.3. The van der Waals surface area contributed by atoms with Gasteiger partial charge in [0.1, 0.15) is 17.7 Å². The number of hydrogen-bond acceptors (Lipinski definition) is 5. The van der Waals surface area contributed by atoms with Gasteiger partial charge in [-0.3, -0.25) is 0 Å². The molecule has 1 N–H and O–H groups in total. The van der Waals surface area contributed by atoms with E-state index in [0.717, 1.165) is 17.2 Å². The van der Waals surface area contributed by atoms with Crippen molar-refractivity contribution in [2.75, 3.05) is 7.11 Å². The molecule has 0 radical (unpaired) electrons. The monoisotopic (exact) mass is 268 g/mol. The van der Waals surface area contributed by atoms with Crippen LogP contribution in [0.4, 0.5) is 4.39 Å². The summed E-state index contributed by atoms with van der Waals surface area (Å²) in [5.74, 6) is 0.0275. The number of ether oxygens (including phenoxy) is 1. The Balaban J connectivity index is 2.45. The average molecular weight is 268 g/mol. The molecule has 1 aromatic carbocycles. The molecule has 1 heterocycles. The lowest BCUT2D eigenvalue weighted by atomic mass is 10.0. The lowest BCUT2D eigenvalue weighted by molar-refractivity contribution is 0.216. The van der Waals surface area contributed by atoms with Gasteiger partial charge in [-0.2, -0.15) is 0 Å². The van der Waals surface area contributed by atoms with E-state index in [1.165, 1.54) is 25.3 Å². The lowest BCUT2D eigenvalue weighted by Gasteiger charge is -2.13. The van der Waals surface area contributed by atoms with Crippen LogP contribution in [0, 0.1) is 5.82 Å². The van der Waals surface area contributed by atoms with Crippen molar-refractivity contribution >= 4 is 11.5 Å². The fourth-order valence-electron chi connectivity index (χ4n) is 1.73. The van der Waals surface area contributed by atoms with Gasteiger partial charge in [-0.25, -0.2) is 4.39 Å². The Morgan fingerprint density at radius 2 is 2.28 bits per heavy atom. The first-order chi connectivity index (χ1) is 8.67. The number of benzene rings is 1. The molecule has 0 saturated heterocycles. The zero-order valence-electron chi connectivity index (χ0n) is 10.1. The minimum atomic E-state index is -0.967. The van der Waals surface area contributed by atoms with Crippen molar-refractivity contribution < 1.29 is 14.2 Å². The van der Waals surface area contributed by atoms with Crippen LogP contribution in [0.1, 0.15) is 29.2 Å². The van der Waals surface area contributed by atoms with Gasteiger partial charge in [0.15, 0.2) is 0 Å². The number of nitrogens with zero attached hydrogens (tertiary/aromatic N) is 2. The minimum Gasteiger partial charge on any atom is -0.496 e. The van der Waals surface area contributed by atoms with Gasteiger partial charge in [-0.05, 0) is 36.2 Å². The highest BCUT2D eigenvalue weighted by Crippen LogP contribution is 2.33. The molecule has 1 atom stereocenters.